The third kappa shape index (κ3) is 1.51. The van der Waals surface area contributed by atoms with Gasteiger partial charge in [0.2, 0.25) is 6.04 Å². The van der Waals surface area contributed by atoms with Crippen LogP contribution in [-0.4, -0.2) is 12.8 Å². The van der Waals surface area contributed by atoms with Gasteiger partial charge in [0.05, 0.1) is 0 Å². The van der Waals surface area contributed by atoms with E-state index >= 15 is 0 Å². The predicted molar refractivity (Wildman–Crippen MR) is 24.6 cm³/mol. The molecule has 0 aliphatic rings. The Morgan fingerprint density at radius 2 is 1.86 bits per heavy atom. The second kappa shape index (κ2) is 2.87. The maximum absolute atomic E-state index is 7.92. The molecule has 0 aliphatic heterocycles. The Balaban J connectivity index is 3.73. The van der Waals surface area contributed by atoms with Crippen LogP contribution in [0.25, 0.3) is 0 Å². The Morgan fingerprint density at radius 1 is 1.43 bits per heavy atom. The number of hydrogen-bond donors (Lipinski definition) is 0. The van der Waals surface area contributed by atoms with Gasteiger partial charge in [0.25, 0.3) is 0 Å². The zero-order valence-electron chi connectivity index (χ0n) is 3.63. The van der Waals surface area contributed by atoms with E-state index in [2.05, 4.69) is 11.7 Å². The molecule has 3 nitrogen and oxygen atoms in total. The molecule has 0 heterocycles. The lowest BCUT2D eigenvalue weighted by molar-refractivity contribution is 1.06. The standard InChI is InChI=1S/C4H3N3/c1-7-4(2-5)3-6/h4H,1H2. The zero-order valence-corrected chi connectivity index (χ0v) is 3.63. The molecule has 0 aromatic carbocycles. The van der Waals surface area contributed by atoms with Gasteiger partial charge in [-0.1, -0.05) is 0 Å². The summed E-state index contributed by atoms with van der Waals surface area (Å²) in [6, 6.07) is 2.33. The van der Waals surface area contributed by atoms with Crippen LogP contribution in [0.1, 0.15) is 0 Å². The summed E-state index contributed by atoms with van der Waals surface area (Å²) >= 11 is 0. The predicted octanol–water partition coefficient (Wildman–Crippen LogP) is 0.103. The second-order valence-electron chi connectivity index (χ2n) is 0.843. The average Bonchev–Trinajstić information content (AvgIpc) is 1.72. The minimum absolute atomic E-state index is 0.889. The summed E-state index contributed by atoms with van der Waals surface area (Å²) in [6.45, 7) is 3.01. The Bertz CT molecular complexity index is 122. The smallest absolute Gasteiger partial charge is 0.221 e. The van der Waals surface area contributed by atoms with Crippen molar-refractivity contribution in [2.45, 2.75) is 6.04 Å². The quantitative estimate of drug-likeness (QED) is 0.432. The summed E-state index contributed by atoms with van der Waals surface area (Å²) < 4.78 is 0. The fraction of sp³-hybridized carbons (Fsp3) is 0.250. The maximum atomic E-state index is 7.92. The summed E-state index contributed by atoms with van der Waals surface area (Å²) in [6.07, 6.45) is 0. The highest BCUT2D eigenvalue weighted by atomic mass is 14.7. The number of rotatable bonds is 1. The lowest BCUT2D eigenvalue weighted by Crippen LogP contribution is -1.91. The fourth-order valence-corrected chi connectivity index (χ4v) is 0.111. The van der Waals surface area contributed by atoms with E-state index in [1.165, 1.54) is 0 Å². The number of aliphatic imine (C=N–C) groups is 1. The molecular formula is C4H3N3. The van der Waals surface area contributed by atoms with E-state index in [4.69, 9.17) is 10.5 Å². The van der Waals surface area contributed by atoms with Crippen LogP contribution in [0, 0.1) is 22.7 Å². The van der Waals surface area contributed by atoms with Crippen LogP contribution < -0.4 is 0 Å². The third-order valence-corrected chi connectivity index (χ3v) is 0.427. The van der Waals surface area contributed by atoms with Crippen molar-refractivity contribution in [3.63, 3.8) is 0 Å². The van der Waals surface area contributed by atoms with Crippen molar-refractivity contribution in [3.8, 4) is 12.1 Å². The molecule has 0 saturated heterocycles. The lowest BCUT2D eigenvalue weighted by Gasteiger charge is -1.78. The summed E-state index contributed by atoms with van der Waals surface area (Å²) in [5.41, 5.74) is 0. The largest absolute Gasteiger partial charge is 0.267 e. The number of nitrogens with zero attached hydrogens (tertiary/aromatic N) is 3. The van der Waals surface area contributed by atoms with Crippen LogP contribution in [-0.2, 0) is 0 Å². The van der Waals surface area contributed by atoms with Gasteiger partial charge in [-0.2, -0.15) is 10.5 Å². The van der Waals surface area contributed by atoms with Gasteiger partial charge in [0.15, 0.2) is 0 Å². The molecule has 0 aromatic heterocycles. The van der Waals surface area contributed by atoms with Crippen LogP contribution in [0.4, 0.5) is 0 Å². The molecule has 0 unspecified atom stereocenters. The Hall–Kier alpha value is -1.35. The van der Waals surface area contributed by atoms with Crippen molar-refractivity contribution < 1.29 is 0 Å². The first-order valence-electron chi connectivity index (χ1n) is 1.60. The highest BCUT2D eigenvalue weighted by Gasteiger charge is 1.93. The lowest BCUT2D eigenvalue weighted by atomic mass is 10.4. The van der Waals surface area contributed by atoms with E-state index < -0.39 is 6.04 Å². The zero-order chi connectivity index (χ0) is 5.70. The van der Waals surface area contributed by atoms with Gasteiger partial charge >= 0.3 is 0 Å². The van der Waals surface area contributed by atoms with E-state index in [1.807, 2.05) is 0 Å². The van der Waals surface area contributed by atoms with Gasteiger partial charge in [0, 0.05) is 0 Å². The topological polar surface area (TPSA) is 59.9 Å². The van der Waals surface area contributed by atoms with E-state index in [1.54, 1.807) is 12.1 Å². The van der Waals surface area contributed by atoms with Crippen LogP contribution in [0.3, 0.4) is 0 Å². The Morgan fingerprint density at radius 3 is 1.86 bits per heavy atom. The highest BCUT2D eigenvalue weighted by Crippen LogP contribution is 1.79. The second-order valence-corrected chi connectivity index (χ2v) is 0.843. The molecule has 0 N–H and O–H groups in total. The molecule has 0 amide bonds. The van der Waals surface area contributed by atoms with Crippen molar-refractivity contribution in [3.05, 3.63) is 0 Å². The van der Waals surface area contributed by atoms with E-state index in [0.29, 0.717) is 0 Å². The van der Waals surface area contributed by atoms with Gasteiger partial charge < -0.3 is 0 Å². The molecule has 0 aliphatic carbocycles. The first-order chi connectivity index (χ1) is 3.35. The molecule has 0 aromatic rings. The maximum Gasteiger partial charge on any atom is 0.221 e. The molecule has 0 radical (unpaired) electrons. The Labute approximate surface area is 41.5 Å². The highest BCUT2D eigenvalue weighted by molar-refractivity contribution is 5.28. The van der Waals surface area contributed by atoms with Crippen molar-refractivity contribution in [2.75, 3.05) is 0 Å². The third-order valence-electron chi connectivity index (χ3n) is 0.427. The minimum atomic E-state index is -0.889. The summed E-state index contributed by atoms with van der Waals surface area (Å²) in [4.78, 5) is 3.15. The monoisotopic (exact) mass is 93.0 g/mol. The molecule has 7 heavy (non-hydrogen) atoms. The average molecular weight is 93.1 g/mol. The molecule has 0 rings (SSSR count). The molecule has 0 fully saturated rings. The van der Waals surface area contributed by atoms with Crippen LogP contribution in [0.5, 0.6) is 0 Å². The summed E-state index contributed by atoms with van der Waals surface area (Å²) in [7, 11) is 0. The molecule has 3 heteroatoms. The van der Waals surface area contributed by atoms with Crippen molar-refractivity contribution in [1.82, 2.24) is 0 Å². The van der Waals surface area contributed by atoms with E-state index in [9.17, 15) is 0 Å². The van der Waals surface area contributed by atoms with E-state index in [0.717, 1.165) is 0 Å². The van der Waals surface area contributed by atoms with E-state index in [-0.39, 0.29) is 0 Å². The summed E-state index contributed by atoms with van der Waals surface area (Å²) in [5, 5.41) is 15.8. The van der Waals surface area contributed by atoms with Gasteiger partial charge in [-0.25, -0.2) is 0 Å². The molecule has 0 spiro atoms. The molecular weight excluding hydrogens is 90.1 g/mol. The Kier molecular flexibility index (Phi) is 2.31. The van der Waals surface area contributed by atoms with Crippen LogP contribution >= 0.6 is 0 Å². The van der Waals surface area contributed by atoms with Crippen molar-refractivity contribution >= 4 is 6.72 Å². The van der Waals surface area contributed by atoms with Crippen molar-refractivity contribution in [1.29, 1.82) is 10.5 Å². The van der Waals surface area contributed by atoms with Crippen LogP contribution in [0.2, 0.25) is 0 Å². The molecule has 0 bridgehead atoms. The first-order valence-corrected chi connectivity index (χ1v) is 1.60. The van der Waals surface area contributed by atoms with Gasteiger partial charge in [-0.3, -0.25) is 4.99 Å². The molecule has 0 saturated carbocycles. The van der Waals surface area contributed by atoms with Crippen LogP contribution in [0.15, 0.2) is 4.99 Å². The van der Waals surface area contributed by atoms with Gasteiger partial charge in [-0.15, -0.1) is 0 Å². The molecule has 0 atom stereocenters. The normalized spacial score (nSPS) is 6.71. The fourth-order valence-electron chi connectivity index (χ4n) is 0.111. The van der Waals surface area contributed by atoms with Gasteiger partial charge in [-0.05, 0) is 6.72 Å². The summed E-state index contributed by atoms with van der Waals surface area (Å²) in [5.74, 6) is 0. The first kappa shape index (κ1) is 5.65. The van der Waals surface area contributed by atoms with Gasteiger partial charge in [0.1, 0.15) is 12.1 Å². The number of nitriles is 2. The van der Waals surface area contributed by atoms with Crippen molar-refractivity contribution in [2.24, 2.45) is 4.99 Å². The molecule has 34 valence electrons. The SMILES string of the molecule is C=NC(C#N)C#N. The number of hydrogen-bond acceptors (Lipinski definition) is 3. The minimum Gasteiger partial charge on any atom is -0.267 e.